The lowest BCUT2D eigenvalue weighted by Crippen LogP contribution is -1.91. The number of hydrogen-bond acceptors (Lipinski definition) is 2. The first-order chi connectivity index (χ1) is 12.6. The second-order valence-corrected chi connectivity index (χ2v) is 4.58. The summed E-state index contributed by atoms with van der Waals surface area (Å²) >= 11 is 0. The van der Waals surface area contributed by atoms with Crippen molar-refractivity contribution in [3.05, 3.63) is 90.0 Å². The van der Waals surface area contributed by atoms with Gasteiger partial charge in [0.1, 0.15) is 0 Å². The molecule has 0 N–H and O–H groups in total. The lowest BCUT2D eigenvalue weighted by molar-refractivity contribution is -0.112. The summed E-state index contributed by atoms with van der Waals surface area (Å²) in [5.41, 5.74) is 1.80. The van der Waals surface area contributed by atoms with Gasteiger partial charge in [0.25, 0.3) is 0 Å². The molecule has 2 rings (SSSR count). The SMILES string of the molecule is C/C=C/C(=O)c1ccccc1.CC.CC.CC(=O)/C=C/c1ccccc1. The van der Waals surface area contributed by atoms with Crippen molar-refractivity contribution in [3.63, 3.8) is 0 Å². The fourth-order valence-corrected chi connectivity index (χ4v) is 1.63. The molecule has 0 aromatic heterocycles. The van der Waals surface area contributed by atoms with E-state index in [0.717, 1.165) is 11.1 Å². The topological polar surface area (TPSA) is 34.1 Å². The highest BCUT2D eigenvalue weighted by atomic mass is 16.1. The Labute approximate surface area is 159 Å². The predicted octanol–water partition coefficient (Wildman–Crippen LogP) is 6.79. The smallest absolute Gasteiger partial charge is 0.185 e. The van der Waals surface area contributed by atoms with Gasteiger partial charge < -0.3 is 0 Å². The number of allylic oxidation sites excluding steroid dienone is 3. The number of hydrogen-bond donors (Lipinski definition) is 0. The van der Waals surface area contributed by atoms with Gasteiger partial charge in [-0.1, -0.05) is 101 Å². The molecule has 0 aliphatic heterocycles. The zero-order valence-corrected chi connectivity index (χ0v) is 16.9. The summed E-state index contributed by atoms with van der Waals surface area (Å²) < 4.78 is 0. The molecule has 0 heterocycles. The van der Waals surface area contributed by atoms with Crippen LogP contribution in [0.4, 0.5) is 0 Å². The maximum atomic E-state index is 11.2. The van der Waals surface area contributed by atoms with E-state index in [-0.39, 0.29) is 11.6 Å². The molecule has 0 bridgehead atoms. The highest BCUT2D eigenvalue weighted by Gasteiger charge is 1.96. The van der Waals surface area contributed by atoms with Crippen LogP contribution >= 0.6 is 0 Å². The minimum absolute atomic E-state index is 0.0631. The van der Waals surface area contributed by atoms with Crippen molar-refractivity contribution in [2.45, 2.75) is 41.5 Å². The molecule has 2 aromatic rings. The van der Waals surface area contributed by atoms with E-state index in [4.69, 9.17) is 0 Å². The molecule has 0 fully saturated rings. The summed E-state index contributed by atoms with van der Waals surface area (Å²) in [6.07, 6.45) is 6.68. The molecule has 0 radical (unpaired) electrons. The van der Waals surface area contributed by atoms with Gasteiger partial charge in [-0.05, 0) is 31.6 Å². The van der Waals surface area contributed by atoms with E-state index in [1.165, 1.54) is 0 Å². The van der Waals surface area contributed by atoms with Gasteiger partial charge in [-0.25, -0.2) is 0 Å². The standard InChI is InChI=1S/2C10H10O.2C2H6/c1-9(11)7-8-10-5-3-2-4-6-10;1-2-6-10(11)9-7-4-3-5-8-9;2*1-2/h2*2-8H,1H3;2*1-2H3/b8-7+;6-2+;;. The van der Waals surface area contributed by atoms with E-state index in [9.17, 15) is 9.59 Å². The van der Waals surface area contributed by atoms with Crippen LogP contribution in [-0.4, -0.2) is 11.6 Å². The second kappa shape index (κ2) is 18.6. The number of benzene rings is 2. The highest BCUT2D eigenvalue weighted by molar-refractivity contribution is 6.04. The molecular weight excluding hydrogens is 320 g/mol. The minimum atomic E-state index is 0.0631. The Morgan fingerprint density at radius 3 is 1.62 bits per heavy atom. The van der Waals surface area contributed by atoms with Gasteiger partial charge in [-0.2, -0.15) is 0 Å². The Morgan fingerprint density at radius 1 is 0.731 bits per heavy atom. The fraction of sp³-hybridized carbons (Fsp3) is 0.250. The third kappa shape index (κ3) is 13.7. The van der Waals surface area contributed by atoms with Crippen LogP contribution in [0.3, 0.4) is 0 Å². The number of carbonyl (C=O) groups excluding carboxylic acids is 2. The van der Waals surface area contributed by atoms with E-state index in [0.29, 0.717) is 0 Å². The molecule has 0 spiro atoms. The van der Waals surface area contributed by atoms with Crippen molar-refractivity contribution in [2.75, 3.05) is 0 Å². The van der Waals surface area contributed by atoms with E-state index in [1.54, 1.807) is 25.2 Å². The molecule has 2 nitrogen and oxygen atoms in total. The number of rotatable bonds is 4. The van der Waals surface area contributed by atoms with Crippen molar-refractivity contribution in [2.24, 2.45) is 0 Å². The second-order valence-electron chi connectivity index (χ2n) is 4.58. The van der Waals surface area contributed by atoms with Gasteiger partial charge in [0, 0.05) is 5.56 Å². The molecule has 0 saturated carbocycles. The Kier molecular flexibility index (Phi) is 18.2. The summed E-state index contributed by atoms with van der Waals surface area (Å²) in [7, 11) is 0. The van der Waals surface area contributed by atoms with Crippen LogP contribution < -0.4 is 0 Å². The first-order valence-corrected chi connectivity index (χ1v) is 9.09. The first-order valence-electron chi connectivity index (χ1n) is 9.09. The van der Waals surface area contributed by atoms with Crippen molar-refractivity contribution in [1.29, 1.82) is 0 Å². The molecule has 0 amide bonds. The Balaban J connectivity index is 0. The van der Waals surface area contributed by atoms with Gasteiger partial charge >= 0.3 is 0 Å². The summed E-state index contributed by atoms with van der Waals surface area (Å²) in [5.74, 6) is 0.141. The van der Waals surface area contributed by atoms with Crippen LogP contribution in [0.5, 0.6) is 0 Å². The van der Waals surface area contributed by atoms with Crippen LogP contribution in [0.25, 0.3) is 6.08 Å². The minimum Gasteiger partial charge on any atom is -0.295 e. The molecule has 0 unspecified atom stereocenters. The van der Waals surface area contributed by atoms with Gasteiger partial charge in [0.2, 0.25) is 0 Å². The van der Waals surface area contributed by atoms with Crippen LogP contribution in [0, 0.1) is 0 Å². The number of carbonyl (C=O) groups is 2. The predicted molar refractivity (Wildman–Crippen MR) is 114 cm³/mol. The molecule has 140 valence electrons. The van der Waals surface area contributed by atoms with Crippen molar-refractivity contribution < 1.29 is 9.59 Å². The van der Waals surface area contributed by atoms with E-state index < -0.39 is 0 Å². The zero-order valence-electron chi connectivity index (χ0n) is 16.9. The molecule has 0 aliphatic carbocycles. The van der Waals surface area contributed by atoms with Gasteiger partial charge in [-0.15, -0.1) is 0 Å². The molecule has 2 heteroatoms. The largest absolute Gasteiger partial charge is 0.295 e. The maximum Gasteiger partial charge on any atom is 0.185 e. The monoisotopic (exact) mass is 352 g/mol. The molecule has 26 heavy (non-hydrogen) atoms. The summed E-state index contributed by atoms with van der Waals surface area (Å²) in [5, 5.41) is 0. The summed E-state index contributed by atoms with van der Waals surface area (Å²) in [6.45, 7) is 11.4. The molecule has 2 aromatic carbocycles. The quantitative estimate of drug-likeness (QED) is 0.448. The zero-order chi connectivity index (χ0) is 20.2. The van der Waals surface area contributed by atoms with Crippen molar-refractivity contribution in [1.82, 2.24) is 0 Å². The summed E-state index contributed by atoms with van der Waals surface area (Å²) in [4.78, 5) is 21.7. The van der Waals surface area contributed by atoms with Gasteiger partial charge in [0.15, 0.2) is 11.6 Å². The van der Waals surface area contributed by atoms with Crippen LogP contribution in [0.15, 0.2) is 78.9 Å². The fourth-order valence-electron chi connectivity index (χ4n) is 1.63. The highest BCUT2D eigenvalue weighted by Crippen LogP contribution is 2.00. The average Bonchev–Trinajstić information content (AvgIpc) is 2.71. The van der Waals surface area contributed by atoms with Crippen LogP contribution in [-0.2, 0) is 4.79 Å². The molecular formula is C24H32O2. The van der Waals surface area contributed by atoms with E-state index in [2.05, 4.69) is 0 Å². The van der Waals surface area contributed by atoms with E-state index >= 15 is 0 Å². The van der Waals surface area contributed by atoms with E-state index in [1.807, 2.05) is 101 Å². The first kappa shape index (κ1) is 25.5. The Bertz CT molecular complexity index is 638. The van der Waals surface area contributed by atoms with Crippen LogP contribution in [0.1, 0.15) is 57.5 Å². The molecule has 0 aliphatic rings. The normalized spacial score (nSPS) is 9.15. The average molecular weight is 353 g/mol. The van der Waals surface area contributed by atoms with Crippen molar-refractivity contribution in [3.8, 4) is 0 Å². The third-order valence-electron chi connectivity index (χ3n) is 2.69. The third-order valence-corrected chi connectivity index (χ3v) is 2.69. The molecule has 0 saturated heterocycles. The van der Waals surface area contributed by atoms with Gasteiger partial charge in [0.05, 0.1) is 0 Å². The summed E-state index contributed by atoms with van der Waals surface area (Å²) in [6, 6.07) is 19.0. The molecule has 0 atom stereocenters. The van der Waals surface area contributed by atoms with Gasteiger partial charge in [-0.3, -0.25) is 9.59 Å². The maximum absolute atomic E-state index is 11.2. The lowest BCUT2D eigenvalue weighted by atomic mass is 10.1. The van der Waals surface area contributed by atoms with Crippen molar-refractivity contribution >= 4 is 17.6 Å². The lowest BCUT2D eigenvalue weighted by Gasteiger charge is -1.91. The van der Waals surface area contributed by atoms with Crippen LogP contribution in [0.2, 0.25) is 0 Å². The Morgan fingerprint density at radius 2 is 1.19 bits per heavy atom. The Hall–Kier alpha value is -2.74. The number of ketones is 2.